The molecule has 1 amide bonds. The average Bonchev–Trinajstić information content (AvgIpc) is 2.80. The number of carbonyl (C=O) groups excluding carboxylic acids is 1. The molecule has 0 aromatic heterocycles. The van der Waals surface area contributed by atoms with Crippen molar-refractivity contribution in [3.8, 4) is 11.8 Å². The van der Waals surface area contributed by atoms with Crippen LogP contribution in [0.2, 0.25) is 0 Å². The molecule has 2 aliphatic rings. The lowest BCUT2D eigenvalue weighted by Gasteiger charge is -2.42. The number of likely N-dealkylation sites (tertiary alicyclic amines) is 1. The van der Waals surface area contributed by atoms with Crippen LogP contribution in [-0.2, 0) is 16.1 Å². The van der Waals surface area contributed by atoms with E-state index >= 15 is 0 Å². The molecule has 0 saturated carbocycles. The molecule has 31 heavy (non-hydrogen) atoms. The first-order valence-electron chi connectivity index (χ1n) is 10.6. The Labute approximate surface area is 181 Å². The third kappa shape index (κ3) is 5.60. The number of amides is 1. The van der Waals surface area contributed by atoms with E-state index in [4.69, 9.17) is 14.7 Å². The van der Waals surface area contributed by atoms with Crippen molar-refractivity contribution in [1.29, 1.82) is 5.26 Å². The standard InChI is InChI=1S/C24H26FN3O3/c25-20-4-6-22(7-5-20)30-16-23-15-28(24(29)17-31-23)21-8-10-27(11-9-21)14-19-3-1-2-18(12-19)13-26/h1-7,12,21,23H,8-11,14-17H2/t23-/m0/s1. The summed E-state index contributed by atoms with van der Waals surface area (Å²) in [5, 5.41) is 9.07. The minimum Gasteiger partial charge on any atom is -0.491 e. The van der Waals surface area contributed by atoms with Crippen LogP contribution >= 0.6 is 0 Å². The number of morpholine rings is 1. The maximum atomic E-state index is 13.0. The second-order valence-electron chi connectivity index (χ2n) is 8.06. The molecule has 0 N–H and O–H groups in total. The largest absolute Gasteiger partial charge is 0.491 e. The van der Waals surface area contributed by atoms with Crippen LogP contribution in [0.25, 0.3) is 0 Å². The molecule has 2 aromatic carbocycles. The van der Waals surface area contributed by atoms with Gasteiger partial charge >= 0.3 is 0 Å². The van der Waals surface area contributed by atoms with Crippen molar-refractivity contribution in [3.63, 3.8) is 0 Å². The molecular formula is C24H26FN3O3. The number of hydrogen-bond acceptors (Lipinski definition) is 5. The molecule has 6 nitrogen and oxygen atoms in total. The highest BCUT2D eigenvalue weighted by atomic mass is 19.1. The van der Waals surface area contributed by atoms with E-state index in [1.54, 1.807) is 12.1 Å². The highest BCUT2D eigenvalue weighted by Crippen LogP contribution is 2.22. The number of halogens is 1. The summed E-state index contributed by atoms with van der Waals surface area (Å²) in [6.07, 6.45) is 1.62. The fourth-order valence-corrected chi connectivity index (χ4v) is 4.21. The maximum Gasteiger partial charge on any atom is 0.248 e. The number of piperidine rings is 1. The SMILES string of the molecule is N#Cc1cccc(CN2CCC(N3C[C@@H](COc4ccc(F)cc4)OCC3=O)CC2)c1. The fraction of sp³-hybridized carbons (Fsp3) is 0.417. The quantitative estimate of drug-likeness (QED) is 0.715. The van der Waals surface area contributed by atoms with Gasteiger partial charge in [-0.05, 0) is 54.8 Å². The van der Waals surface area contributed by atoms with Gasteiger partial charge in [-0.25, -0.2) is 4.39 Å². The van der Waals surface area contributed by atoms with Gasteiger partial charge in [0.05, 0.1) is 18.2 Å². The summed E-state index contributed by atoms with van der Waals surface area (Å²) < 4.78 is 24.4. The molecular weight excluding hydrogens is 397 g/mol. The van der Waals surface area contributed by atoms with Gasteiger partial charge in [-0.1, -0.05) is 12.1 Å². The second-order valence-corrected chi connectivity index (χ2v) is 8.06. The van der Waals surface area contributed by atoms with Crippen molar-refractivity contribution in [2.45, 2.75) is 31.5 Å². The Kier molecular flexibility index (Phi) is 6.80. The molecule has 0 radical (unpaired) electrons. The minimum atomic E-state index is -0.304. The molecule has 2 heterocycles. The van der Waals surface area contributed by atoms with Crippen LogP contribution in [0.15, 0.2) is 48.5 Å². The fourth-order valence-electron chi connectivity index (χ4n) is 4.21. The number of hydrogen-bond donors (Lipinski definition) is 0. The Balaban J connectivity index is 1.27. The minimum absolute atomic E-state index is 0.0261. The van der Waals surface area contributed by atoms with Crippen molar-refractivity contribution in [3.05, 3.63) is 65.5 Å². The summed E-state index contributed by atoms with van der Waals surface area (Å²) in [5.74, 6) is 0.308. The van der Waals surface area contributed by atoms with E-state index in [2.05, 4.69) is 11.0 Å². The third-order valence-corrected chi connectivity index (χ3v) is 5.87. The van der Waals surface area contributed by atoms with Crippen LogP contribution in [-0.4, -0.2) is 60.7 Å². The monoisotopic (exact) mass is 423 g/mol. The van der Waals surface area contributed by atoms with E-state index < -0.39 is 0 Å². The van der Waals surface area contributed by atoms with Crippen LogP contribution in [0.1, 0.15) is 24.0 Å². The summed E-state index contributed by atoms with van der Waals surface area (Å²) in [4.78, 5) is 16.8. The predicted molar refractivity (Wildman–Crippen MR) is 113 cm³/mol. The van der Waals surface area contributed by atoms with Crippen LogP contribution in [0.3, 0.4) is 0 Å². The molecule has 2 fully saturated rings. The van der Waals surface area contributed by atoms with Crippen molar-refractivity contribution >= 4 is 5.91 Å². The summed E-state index contributed by atoms with van der Waals surface area (Å²) in [6.45, 7) is 3.52. The predicted octanol–water partition coefficient (Wildman–Crippen LogP) is 2.97. The lowest BCUT2D eigenvalue weighted by Crippen LogP contribution is -2.55. The number of nitriles is 1. The van der Waals surface area contributed by atoms with E-state index in [0.29, 0.717) is 24.5 Å². The molecule has 0 unspecified atom stereocenters. The van der Waals surface area contributed by atoms with Crippen LogP contribution in [0.5, 0.6) is 5.75 Å². The molecule has 0 bridgehead atoms. The first-order valence-corrected chi connectivity index (χ1v) is 10.6. The Morgan fingerprint density at radius 2 is 1.94 bits per heavy atom. The van der Waals surface area contributed by atoms with E-state index in [-0.39, 0.29) is 30.5 Å². The van der Waals surface area contributed by atoms with E-state index in [9.17, 15) is 9.18 Å². The van der Waals surface area contributed by atoms with Gasteiger partial charge in [0.25, 0.3) is 0 Å². The third-order valence-electron chi connectivity index (χ3n) is 5.87. The van der Waals surface area contributed by atoms with E-state index in [1.165, 1.54) is 12.1 Å². The summed E-state index contributed by atoms with van der Waals surface area (Å²) in [5.41, 5.74) is 1.82. The summed E-state index contributed by atoms with van der Waals surface area (Å²) in [6, 6.07) is 16.0. The zero-order valence-electron chi connectivity index (χ0n) is 17.4. The summed E-state index contributed by atoms with van der Waals surface area (Å²) >= 11 is 0. The number of nitrogens with zero attached hydrogens (tertiary/aromatic N) is 3. The molecule has 0 aliphatic carbocycles. The Hall–Kier alpha value is -2.95. The molecule has 2 saturated heterocycles. The summed E-state index contributed by atoms with van der Waals surface area (Å²) in [7, 11) is 0. The Bertz CT molecular complexity index is 936. The first-order chi connectivity index (χ1) is 15.1. The first kappa shape index (κ1) is 21.3. The van der Waals surface area contributed by atoms with E-state index in [1.807, 2.05) is 29.2 Å². The molecule has 4 rings (SSSR count). The normalized spacial score (nSPS) is 20.5. The maximum absolute atomic E-state index is 13.0. The number of rotatable bonds is 6. The zero-order chi connectivity index (χ0) is 21.6. The molecule has 7 heteroatoms. The average molecular weight is 423 g/mol. The van der Waals surface area contributed by atoms with Crippen LogP contribution < -0.4 is 4.74 Å². The number of benzene rings is 2. The molecule has 1 atom stereocenters. The second kappa shape index (κ2) is 9.90. The Morgan fingerprint density at radius 1 is 1.16 bits per heavy atom. The van der Waals surface area contributed by atoms with Crippen molar-refractivity contribution in [1.82, 2.24) is 9.80 Å². The Morgan fingerprint density at radius 3 is 2.68 bits per heavy atom. The van der Waals surface area contributed by atoms with Gasteiger partial charge in [0.2, 0.25) is 5.91 Å². The van der Waals surface area contributed by atoms with Crippen molar-refractivity contribution in [2.75, 3.05) is 32.8 Å². The lowest BCUT2D eigenvalue weighted by molar-refractivity contribution is -0.155. The molecule has 162 valence electrons. The van der Waals surface area contributed by atoms with Gasteiger partial charge in [-0.15, -0.1) is 0 Å². The zero-order valence-corrected chi connectivity index (χ0v) is 17.4. The highest BCUT2D eigenvalue weighted by molar-refractivity contribution is 5.78. The van der Waals surface area contributed by atoms with Gasteiger partial charge in [-0.2, -0.15) is 5.26 Å². The topological polar surface area (TPSA) is 65.8 Å². The number of ether oxygens (including phenoxy) is 2. The highest BCUT2D eigenvalue weighted by Gasteiger charge is 2.33. The molecule has 2 aromatic rings. The smallest absolute Gasteiger partial charge is 0.248 e. The van der Waals surface area contributed by atoms with Crippen molar-refractivity contribution in [2.24, 2.45) is 0 Å². The van der Waals surface area contributed by atoms with Gasteiger partial charge in [0.15, 0.2) is 0 Å². The van der Waals surface area contributed by atoms with Crippen LogP contribution in [0.4, 0.5) is 4.39 Å². The van der Waals surface area contributed by atoms with Gasteiger partial charge in [0, 0.05) is 25.7 Å². The van der Waals surface area contributed by atoms with Gasteiger partial charge in [-0.3, -0.25) is 9.69 Å². The van der Waals surface area contributed by atoms with Gasteiger partial charge < -0.3 is 14.4 Å². The van der Waals surface area contributed by atoms with E-state index in [0.717, 1.165) is 38.0 Å². The van der Waals surface area contributed by atoms with Crippen molar-refractivity contribution < 1.29 is 18.7 Å². The van der Waals surface area contributed by atoms with Crippen LogP contribution in [0, 0.1) is 17.1 Å². The molecule has 2 aliphatic heterocycles. The van der Waals surface area contributed by atoms with Gasteiger partial charge in [0.1, 0.15) is 30.9 Å². The lowest BCUT2D eigenvalue weighted by atomic mass is 10.0. The molecule has 0 spiro atoms. The number of carbonyl (C=O) groups is 1.